The summed E-state index contributed by atoms with van der Waals surface area (Å²) in [7, 11) is 1.57. The second-order valence-electron chi connectivity index (χ2n) is 8.08. The first-order chi connectivity index (χ1) is 17.2. The van der Waals surface area contributed by atoms with Crippen LogP contribution >= 0.6 is 0 Å². The molecule has 3 N–H and O–H groups in total. The van der Waals surface area contributed by atoms with Gasteiger partial charge in [0.2, 0.25) is 0 Å². The number of hydrogen-bond acceptors (Lipinski definition) is 7. The number of nitrogens with zero attached hydrogens (tertiary/aromatic N) is 3. The third-order valence-electron chi connectivity index (χ3n) is 5.75. The van der Waals surface area contributed by atoms with Crippen LogP contribution < -0.4 is 15.4 Å². The van der Waals surface area contributed by atoms with E-state index in [0.29, 0.717) is 30.3 Å². The van der Waals surface area contributed by atoms with Gasteiger partial charge in [0.05, 0.1) is 24.7 Å². The molecule has 0 fully saturated rings. The second-order valence-corrected chi connectivity index (χ2v) is 8.08. The monoisotopic (exact) mass is 470 g/mol. The minimum atomic E-state index is -0.321. The number of pyridine rings is 1. The van der Waals surface area contributed by atoms with Crippen molar-refractivity contribution >= 4 is 27.7 Å². The summed E-state index contributed by atoms with van der Waals surface area (Å²) in [4.78, 5) is 29.1. The van der Waals surface area contributed by atoms with Gasteiger partial charge in [0.1, 0.15) is 23.5 Å². The van der Waals surface area contributed by atoms with E-state index in [1.165, 1.54) is 11.6 Å². The van der Waals surface area contributed by atoms with Crippen LogP contribution in [-0.4, -0.2) is 46.0 Å². The highest BCUT2D eigenvalue weighted by atomic mass is 16.5. The Morgan fingerprint density at radius 3 is 2.86 bits per heavy atom. The van der Waals surface area contributed by atoms with Crippen molar-refractivity contribution in [3.8, 4) is 5.75 Å². The van der Waals surface area contributed by atoms with E-state index in [9.17, 15) is 4.79 Å². The number of methoxy groups -OCH3 is 1. The highest BCUT2D eigenvalue weighted by Crippen LogP contribution is 2.23. The summed E-state index contributed by atoms with van der Waals surface area (Å²) >= 11 is 0. The van der Waals surface area contributed by atoms with Gasteiger partial charge in [-0.15, -0.1) is 0 Å². The van der Waals surface area contributed by atoms with Gasteiger partial charge in [-0.2, -0.15) is 0 Å². The molecule has 0 radical (unpaired) electrons. The first kappa shape index (κ1) is 22.5. The van der Waals surface area contributed by atoms with Crippen molar-refractivity contribution in [2.24, 2.45) is 0 Å². The zero-order valence-corrected chi connectivity index (χ0v) is 19.4. The highest BCUT2D eigenvalue weighted by Gasteiger charge is 2.13. The van der Waals surface area contributed by atoms with Crippen molar-refractivity contribution < 1.29 is 13.9 Å². The van der Waals surface area contributed by atoms with Gasteiger partial charge in [0, 0.05) is 37.5 Å². The van der Waals surface area contributed by atoms with E-state index in [1.54, 1.807) is 25.4 Å². The lowest BCUT2D eigenvalue weighted by Crippen LogP contribution is -2.24. The molecule has 0 unspecified atom stereocenters. The van der Waals surface area contributed by atoms with Gasteiger partial charge < -0.3 is 24.8 Å². The zero-order chi connectivity index (χ0) is 24.0. The first-order valence-electron chi connectivity index (χ1n) is 11.5. The molecule has 1 amide bonds. The minimum absolute atomic E-state index is 0.240. The molecule has 0 aliphatic carbocycles. The zero-order valence-electron chi connectivity index (χ0n) is 19.4. The average Bonchev–Trinajstić information content (AvgIpc) is 3.54. The molecule has 0 aliphatic rings. The molecule has 5 aromatic rings. The maximum absolute atomic E-state index is 12.4. The third kappa shape index (κ3) is 5.15. The van der Waals surface area contributed by atoms with E-state index < -0.39 is 0 Å². The van der Waals surface area contributed by atoms with Gasteiger partial charge >= 0.3 is 0 Å². The summed E-state index contributed by atoms with van der Waals surface area (Å²) in [5.74, 6) is 1.76. The van der Waals surface area contributed by atoms with E-state index in [-0.39, 0.29) is 18.1 Å². The van der Waals surface area contributed by atoms with Crippen LogP contribution in [0.4, 0.5) is 0 Å². The van der Waals surface area contributed by atoms with Crippen molar-refractivity contribution in [1.29, 1.82) is 0 Å². The molecule has 5 rings (SSSR count). The largest absolute Gasteiger partial charge is 0.495 e. The molecule has 9 nitrogen and oxygen atoms in total. The first-order valence-corrected chi connectivity index (χ1v) is 11.5. The van der Waals surface area contributed by atoms with Crippen LogP contribution in [0.5, 0.6) is 5.75 Å². The van der Waals surface area contributed by atoms with Crippen LogP contribution in [0.25, 0.3) is 21.8 Å². The highest BCUT2D eigenvalue weighted by molar-refractivity contribution is 6.04. The number of H-pyrrole nitrogens is 1. The Morgan fingerprint density at radius 1 is 1.06 bits per heavy atom. The predicted octanol–water partition coefficient (Wildman–Crippen LogP) is 3.41. The molecule has 0 bridgehead atoms. The van der Waals surface area contributed by atoms with E-state index in [0.717, 1.165) is 35.2 Å². The van der Waals surface area contributed by atoms with Crippen LogP contribution in [0, 0.1) is 0 Å². The molecule has 0 saturated heterocycles. The number of aromatic amines is 1. The molecular weight excluding hydrogens is 444 g/mol. The van der Waals surface area contributed by atoms with Crippen molar-refractivity contribution in [2.75, 3.05) is 20.2 Å². The van der Waals surface area contributed by atoms with Gasteiger partial charge in [-0.3, -0.25) is 9.78 Å². The van der Waals surface area contributed by atoms with Gasteiger partial charge in [-0.1, -0.05) is 30.3 Å². The number of aromatic nitrogens is 4. The van der Waals surface area contributed by atoms with Gasteiger partial charge in [-0.25, -0.2) is 9.97 Å². The SMILES string of the molecule is COc1cccnc1CNC(=O)c1coc(CCNCCc2nc3c(ccc4ccccc43)[nH]2)n1. The van der Waals surface area contributed by atoms with Crippen LogP contribution in [-0.2, 0) is 19.4 Å². The number of ether oxygens (including phenoxy) is 1. The van der Waals surface area contributed by atoms with E-state index >= 15 is 0 Å². The van der Waals surface area contributed by atoms with Crippen LogP contribution in [0.3, 0.4) is 0 Å². The van der Waals surface area contributed by atoms with Crippen molar-refractivity contribution in [3.63, 3.8) is 0 Å². The maximum atomic E-state index is 12.4. The van der Waals surface area contributed by atoms with Crippen molar-refractivity contribution in [1.82, 2.24) is 30.6 Å². The number of oxazole rings is 1. The standard InChI is InChI=1S/C26H26N6O3/c1-34-22-7-4-12-28-20(22)15-29-26(33)21-16-35-24(31-21)11-14-27-13-10-23-30-19-9-8-17-5-2-3-6-18(17)25(19)32-23/h2-9,12,16,27H,10-11,13-15H2,1H3,(H,29,33)(H,30,32). The fraction of sp³-hybridized carbons (Fsp3) is 0.231. The number of carbonyl (C=O) groups excluding carboxylic acids is 1. The summed E-state index contributed by atoms with van der Waals surface area (Å²) in [6, 6.07) is 16.0. The number of hydrogen-bond donors (Lipinski definition) is 3. The van der Waals surface area contributed by atoms with Crippen molar-refractivity contribution in [2.45, 2.75) is 19.4 Å². The quantitative estimate of drug-likeness (QED) is 0.268. The molecule has 0 saturated carbocycles. The van der Waals surface area contributed by atoms with Gasteiger partial charge in [-0.05, 0) is 23.6 Å². The molecule has 0 atom stereocenters. The lowest BCUT2D eigenvalue weighted by Gasteiger charge is -2.07. The number of nitrogens with one attached hydrogen (secondary N) is 3. The van der Waals surface area contributed by atoms with E-state index in [1.807, 2.05) is 12.1 Å². The Morgan fingerprint density at radius 2 is 1.94 bits per heavy atom. The molecular formula is C26H26N6O3. The molecule has 0 aliphatic heterocycles. The minimum Gasteiger partial charge on any atom is -0.495 e. The number of imidazole rings is 1. The van der Waals surface area contributed by atoms with Crippen molar-refractivity contribution in [3.05, 3.63) is 84.1 Å². The topological polar surface area (TPSA) is 118 Å². The lowest BCUT2D eigenvalue weighted by atomic mass is 10.1. The summed E-state index contributed by atoms with van der Waals surface area (Å²) in [5.41, 5.74) is 2.94. The number of rotatable bonds is 10. The molecule has 9 heteroatoms. The fourth-order valence-electron chi connectivity index (χ4n) is 3.97. The van der Waals surface area contributed by atoms with Crippen LogP contribution in [0.2, 0.25) is 0 Å². The predicted molar refractivity (Wildman–Crippen MR) is 132 cm³/mol. The molecule has 0 spiro atoms. The Labute approximate surface area is 202 Å². The molecule has 3 heterocycles. The van der Waals surface area contributed by atoms with E-state index in [4.69, 9.17) is 14.1 Å². The summed E-state index contributed by atoms with van der Waals surface area (Å²) in [6.45, 7) is 1.68. The maximum Gasteiger partial charge on any atom is 0.273 e. The molecule has 35 heavy (non-hydrogen) atoms. The Bertz CT molecular complexity index is 1460. The molecule has 2 aromatic carbocycles. The number of fused-ring (bicyclic) bond motifs is 3. The van der Waals surface area contributed by atoms with E-state index in [2.05, 4.69) is 49.9 Å². The fourth-order valence-corrected chi connectivity index (χ4v) is 3.97. The average molecular weight is 471 g/mol. The Balaban J connectivity index is 1.08. The normalized spacial score (nSPS) is 11.2. The number of carbonyl (C=O) groups is 1. The lowest BCUT2D eigenvalue weighted by molar-refractivity contribution is 0.0945. The number of amides is 1. The van der Waals surface area contributed by atoms with Gasteiger partial charge in [0.25, 0.3) is 5.91 Å². The summed E-state index contributed by atoms with van der Waals surface area (Å²) in [5, 5.41) is 8.51. The van der Waals surface area contributed by atoms with Crippen LogP contribution in [0.15, 0.2) is 65.4 Å². The Kier molecular flexibility index (Phi) is 6.67. The van der Waals surface area contributed by atoms with Crippen LogP contribution in [0.1, 0.15) is 27.9 Å². The number of benzene rings is 2. The van der Waals surface area contributed by atoms with Gasteiger partial charge in [0.15, 0.2) is 11.6 Å². The molecule has 178 valence electrons. The Hall–Kier alpha value is -4.24. The second kappa shape index (κ2) is 10.4. The molecule has 3 aromatic heterocycles. The third-order valence-corrected chi connectivity index (χ3v) is 5.75. The smallest absolute Gasteiger partial charge is 0.273 e. The summed E-state index contributed by atoms with van der Waals surface area (Å²) < 4.78 is 10.7. The summed E-state index contributed by atoms with van der Waals surface area (Å²) in [6.07, 6.45) is 4.38.